The molecule has 0 bridgehead atoms. The molecule has 1 fully saturated rings. The average Bonchev–Trinajstić information content (AvgIpc) is 1.97. The first-order chi connectivity index (χ1) is 5.20. The molecule has 0 unspecified atom stereocenters. The van der Waals surface area contributed by atoms with E-state index in [-0.39, 0.29) is 5.75 Å². The van der Waals surface area contributed by atoms with E-state index in [2.05, 4.69) is 11.6 Å². The Morgan fingerprint density at radius 1 is 1.09 bits per heavy atom. The molecule has 1 rings (SSSR count). The molecule has 0 aromatic rings. The van der Waals surface area contributed by atoms with Gasteiger partial charge in [0.15, 0.2) is 0 Å². The van der Waals surface area contributed by atoms with Crippen LogP contribution in [0.2, 0.25) is 0 Å². The van der Waals surface area contributed by atoms with Gasteiger partial charge in [0, 0.05) is 26.2 Å². The van der Waals surface area contributed by atoms with Crippen LogP contribution in [0.25, 0.3) is 0 Å². The van der Waals surface area contributed by atoms with E-state index >= 15 is 0 Å². The summed E-state index contributed by atoms with van der Waals surface area (Å²) in [6, 6.07) is 0. The van der Waals surface area contributed by atoms with Crippen molar-refractivity contribution in [3.8, 4) is 0 Å². The largest absolute Gasteiger partial charge is 0.314 e. The molecule has 1 heterocycles. The number of nitrogens with zero attached hydrogens (tertiary/aromatic N) is 2. The fourth-order valence-corrected chi connectivity index (χ4v) is 0.685. The van der Waals surface area contributed by atoms with Gasteiger partial charge in [-0.25, -0.2) is 0 Å². The van der Waals surface area contributed by atoms with E-state index in [1.165, 1.54) is 10.1 Å². The van der Waals surface area contributed by atoms with Gasteiger partial charge in [0.2, 0.25) is 5.75 Å². The van der Waals surface area contributed by atoms with Crippen LogP contribution in [0.4, 0.5) is 0 Å². The highest BCUT2D eigenvalue weighted by Gasteiger charge is 2.11. The maximum absolute atomic E-state index is 8.72. The van der Waals surface area contributed by atoms with Crippen LogP contribution in [0.1, 0.15) is 0 Å². The fraction of sp³-hybridized carbons (Fsp3) is 0.800. The molecule has 2 N–H and O–H groups in total. The number of piperazine rings is 1. The number of halogens is 1. The summed E-state index contributed by atoms with van der Waals surface area (Å²) in [7, 11) is 0. The summed E-state index contributed by atoms with van der Waals surface area (Å²) in [5, 5.41) is 19.8. The molecule has 0 aliphatic carbocycles. The van der Waals surface area contributed by atoms with Crippen molar-refractivity contribution < 1.29 is 15.2 Å². The van der Waals surface area contributed by atoms with Gasteiger partial charge in [0.1, 0.15) is 0 Å². The summed E-state index contributed by atoms with van der Waals surface area (Å²) in [5.41, 5.74) is 0. The zero-order valence-electron chi connectivity index (χ0n) is 5.98. The van der Waals surface area contributed by atoms with Crippen LogP contribution in [0.3, 0.4) is 0 Å². The highest BCUT2D eigenvalue weighted by atomic mass is 35.5. The van der Waals surface area contributed by atoms with E-state index in [9.17, 15) is 0 Å². The fourth-order valence-electron chi connectivity index (χ4n) is 0.685. The van der Waals surface area contributed by atoms with Crippen molar-refractivity contribution in [2.24, 2.45) is 0 Å². The van der Waals surface area contributed by atoms with E-state index in [0.717, 1.165) is 0 Å². The molecule has 0 radical (unpaired) electrons. The number of hydrogen-bond donors (Lipinski definition) is 2. The predicted molar refractivity (Wildman–Crippen MR) is 39.3 cm³/mol. The topological polar surface area (TPSA) is 64.0 Å². The summed E-state index contributed by atoms with van der Waals surface area (Å²) in [6.45, 7) is 2.15. The molecule has 0 spiro atoms. The van der Waals surface area contributed by atoms with Crippen LogP contribution in [-0.4, -0.2) is 52.5 Å². The Balaban J connectivity index is 0.000000292. The lowest BCUT2D eigenvalue weighted by molar-refractivity contribution is -0.184. The van der Waals surface area contributed by atoms with Crippen molar-refractivity contribution >= 4 is 17.3 Å². The first-order valence-corrected chi connectivity index (χ1v) is 3.56. The number of carbonyl (C=O) groups is 1. The van der Waals surface area contributed by atoms with Crippen LogP contribution in [0, 0.1) is 0 Å². The third kappa shape index (κ3) is 6.21. The van der Waals surface area contributed by atoms with Gasteiger partial charge in [-0.3, -0.25) is 4.79 Å². The van der Waals surface area contributed by atoms with Gasteiger partial charge in [0.25, 0.3) is 0 Å². The molecule has 0 amide bonds. The molecule has 1 saturated heterocycles. The van der Waals surface area contributed by atoms with Crippen molar-refractivity contribution in [3.63, 3.8) is 0 Å². The highest BCUT2D eigenvalue weighted by molar-refractivity contribution is 6.54. The first-order valence-electron chi connectivity index (χ1n) is 3.12. The van der Waals surface area contributed by atoms with Crippen molar-refractivity contribution in [1.82, 2.24) is 10.1 Å². The SMILES string of the molecule is O=CCl.ON1CCN(O)CC1. The van der Waals surface area contributed by atoms with E-state index < -0.39 is 0 Å². The molecule has 66 valence electrons. The van der Waals surface area contributed by atoms with Crippen LogP contribution in [-0.2, 0) is 4.79 Å². The maximum atomic E-state index is 8.72. The Morgan fingerprint density at radius 3 is 1.45 bits per heavy atom. The molecule has 0 aromatic carbocycles. The molecule has 5 nitrogen and oxygen atoms in total. The quantitative estimate of drug-likeness (QED) is 0.401. The predicted octanol–water partition coefficient (Wildman–Crippen LogP) is -0.202. The number of rotatable bonds is 0. The van der Waals surface area contributed by atoms with Gasteiger partial charge >= 0.3 is 0 Å². The van der Waals surface area contributed by atoms with Gasteiger partial charge in [-0.1, -0.05) is 0 Å². The monoisotopic (exact) mass is 182 g/mol. The summed E-state index contributed by atoms with van der Waals surface area (Å²) in [5.74, 6) is 0.222. The molecule has 1 aliphatic rings. The van der Waals surface area contributed by atoms with Crippen LogP contribution < -0.4 is 0 Å². The average molecular weight is 183 g/mol. The van der Waals surface area contributed by atoms with E-state index in [4.69, 9.17) is 15.2 Å². The minimum absolute atomic E-state index is 0.222. The van der Waals surface area contributed by atoms with E-state index in [1.54, 1.807) is 0 Å². The van der Waals surface area contributed by atoms with Crippen molar-refractivity contribution in [2.75, 3.05) is 26.2 Å². The molecular weight excluding hydrogens is 172 g/mol. The Morgan fingerprint density at radius 2 is 1.27 bits per heavy atom. The summed E-state index contributed by atoms with van der Waals surface area (Å²) < 4.78 is 0. The molecule has 0 atom stereocenters. The van der Waals surface area contributed by atoms with Crippen molar-refractivity contribution in [3.05, 3.63) is 0 Å². The van der Waals surface area contributed by atoms with E-state index in [1.807, 2.05) is 0 Å². The lowest BCUT2D eigenvalue weighted by Crippen LogP contribution is -2.42. The Labute approximate surface area is 69.7 Å². The van der Waals surface area contributed by atoms with Crippen LogP contribution in [0.15, 0.2) is 0 Å². The second-order valence-corrected chi connectivity index (χ2v) is 2.17. The third-order valence-electron chi connectivity index (χ3n) is 1.23. The highest BCUT2D eigenvalue weighted by Crippen LogP contribution is 1.92. The zero-order chi connectivity index (χ0) is 8.69. The Kier molecular flexibility index (Phi) is 6.39. The molecule has 0 aromatic heterocycles. The van der Waals surface area contributed by atoms with E-state index in [0.29, 0.717) is 26.2 Å². The van der Waals surface area contributed by atoms with Gasteiger partial charge < -0.3 is 10.4 Å². The number of carbonyl (C=O) groups excluding carboxylic acids is 1. The number of hydrogen-bond acceptors (Lipinski definition) is 5. The molecular formula is C5H11ClN2O3. The normalized spacial score (nSPS) is 20.3. The van der Waals surface area contributed by atoms with Gasteiger partial charge in [0.05, 0.1) is 0 Å². The minimum Gasteiger partial charge on any atom is -0.314 e. The lowest BCUT2D eigenvalue weighted by Gasteiger charge is -2.25. The second kappa shape index (κ2) is 6.51. The van der Waals surface area contributed by atoms with Gasteiger partial charge in [-0.15, -0.1) is 0 Å². The molecule has 0 saturated carbocycles. The molecule has 1 aliphatic heterocycles. The second-order valence-electron chi connectivity index (χ2n) is 2.00. The lowest BCUT2D eigenvalue weighted by atomic mass is 10.4. The van der Waals surface area contributed by atoms with Crippen molar-refractivity contribution in [1.29, 1.82) is 0 Å². The smallest absolute Gasteiger partial charge is 0.208 e. The molecule has 11 heavy (non-hydrogen) atoms. The third-order valence-corrected chi connectivity index (χ3v) is 1.23. The van der Waals surface area contributed by atoms with Gasteiger partial charge in [-0.2, -0.15) is 10.1 Å². The Bertz CT molecular complexity index is 95.9. The Hall–Kier alpha value is -0.200. The van der Waals surface area contributed by atoms with Crippen molar-refractivity contribution in [2.45, 2.75) is 0 Å². The molecule has 6 heteroatoms. The summed E-state index contributed by atoms with van der Waals surface area (Å²) in [6.07, 6.45) is 0. The summed E-state index contributed by atoms with van der Waals surface area (Å²) >= 11 is 4.32. The standard InChI is InChI=1S/C4H10N2O2.CHClO/c7-5-1-2-6(8)4-3-5;2-1-3/h7-8H,1-4H2;1H. The first kappa shape index (κ1) is 10.8. The summed E-state index contributed by atoms with van der Waals surface area (Å²) in [4.78, 5) is 8.57. The number of hydroxylamine groups is 4. The van der Waals surface area contributed by atoms with Gasteiger partial charge in [-0.05, 0) is 11.6 Å². The van der Waals surface area contributed by atoms with Crippen LogP contribution in [0.5, 0.6) is 0 Å². The maximum Gasteiger partial charge on any atom is 0.208 e. The zero-order valence-corrected chi connectivity index (χ0v) is 6.74. The minimum atomic E-state index is 0.222. The van der Waals surface area contributed by atoms with Crippen LogP contribution >= 0.6 is 11.6 Å².